The third kappa shape index (κ3) is 4.79. The van der Waals surface area contributed by atoms with Crippen LogP contribution in [0.15, 0.2) is 0 Å². The van der Waals surface area contributed by atoms with Gasteiger partial charge in [0.2, 0.25) is 5.91 Å². The molecule has 2 N–H and O–H groups in total. The molecular weight excluding hydrogens is 251 g/mol. The van der Waals surface area contributed by atoms with Gasteiger partial charge in [-0.15, -0.1) is 0 Å². The molecule has 106 valence electrons. The molecule has 1 rings (SSSR count). The molecule has 0 spiro atoms. The molecular formula is C10H18F3N3O2. The molecule has 0 aromatic heterocycles. The van der Waals surface area contributed by atoms with Crippen molar-refractivity contribution in [1.29, 1.82) is 0 Å². The van der Waals surface area contributed by atoms with Gasteiger partial charge in [-0.3, -0.25) is 9.69 Å². The second-order valence-electron chi connectivity index (χ2n) is 4.08. The molecule has 1 heterocycles. The summed E-state index contributed by atoms with van der Waals surface area (Å²) in [5.74, 6) is -0.540. The van der Waals surface area contributed by atoms with Crippen LogP contribution in [0.1, 0.15) is 0 Å². The van der Waals surface area contributed by atoms with E-state index in [0.29, 0.717) is 26.2 Å². The average molecular weight is 269 g/mol. The van der Waals surface area contributed by atoms with Crippen molar-refractivity contribution < 1.29 is 22.7 Å². The summed E-state index contributed by atoms with van der Waals surface area (Å²) in [5.41, 5.74) is 0. The van der Waals surface area contributed by atoms with E-state index in [0.717, 1.165) is 0 Å². The number of nitrogens with one attached hydrogen (secondary N) is 2. The van der Waals surface area contributed by atoms with Crippen molar-refractivity contribution in [3.05, 3.63) is 0 Å². The fourth-order valence-electron chi connectivity index (χ4n) is 1.84. The molecule has 8 heteroatoms. The smallest absolute Gasteiger partial charge is 0.375 e. The van der Waals surface area contributed by atoms with Gasteiger partial charge in [-0.25, -0.2) is 0 Å². The highest BCUT2D eigenvalue weighted by Gasteiger charge is 2.43. The maximum absolute atomic E-state index is 12.9. The summed E-state index contributed by atoms with van der Waals surface area (Å²) in [7, 11) is 1.32. The fourth-order valence-corrected chi connectivity index (χ4v) is 1.84. The zero-order chi connectivity index (χ0) is 13.6. The fraction of sp³-hybridized carbons (Fsp3) is 0.900. The van der Waals surface area contributed by atoms with Gasteiger partial charge < -0.3 is 15.4 Å². The predicted molar refractivity (Wildman–Crippen MR) is 59.2 cm³/mol. The summed E-state index contributed by atoms with van der Waals surface area (Å²) in [6.07, 6.45) is -4.35. The van der Waals surface area contributed by atoms with Crippen LogP contribution in [0.5, 0.6) is 0 Å². The van der Waals surface area contributed by atoms with E-state index in [4.69, 9.17) is 0 Å². The molecule has 1 atom stereocenters. The molecule has 1 amide bonds. The molecule has 1 aliphatic heterocycles. The lowest BCUT2D eigenvalue weighted by atomic mass is 10.2. The molecule has 1 aliphatic rings. The molecule has 0 bridgehead atoms. The molecule has 0 aromatic carbocycles. The average Bonchev–Trinajstić information content (AvgIpc) is 2.29. The number of rotatable bonds is 5. The Morgan fingerprint density at radius 1 is 1.44 bits per heavy atom. The van der Waals surface area contributed by atoms with Crippen molar-refractivity contribution in [3.63, 3.8) is 0 Å². The van der Waals surface area contributed by atoms with Crippen LogP contribution in [-0.4, -0.2) is 69.5 Å². The van der Waals surface area contributed by atoms with Gasteiger partial charge in [0.15, 0.2) is 0 Å². The van der Waals surface area contributed by atoms with E-state index >= 15 is 0 Å². The van der Waals surface area contributed by atoms with Crippen molar-refractivity contribution in [1.82, 2.24) is 15.5 Å². The van der Waals surface area contributed by atoms with Crippen LogP contribution in [0, 0.1) is 0 Å². The topological polar surface area (TPSA) is 53.6 Å². The van der Waals surface area contributed by atoms with Crippen LogP contribution >= 0.6 is 0 Å². The summed E-state index contributed by atoms with van der Waals surface area (Å²) in [6, 6.07) is -1.64. The van der Waals surface area contributed by atoms with E-state index in [2.05, 4.69) is 15.4 Å². The third-order valence-electron chi connectivity index (χ3n) is 2.74. The van der Waals surface area contributed by atoms with Crippen LogP contribution < -0.4 is 10.6 Å². The number of carbonyl (C=O) groups excluding carboxylic acids is 1. The zero-order valence-corrected chi connectivity index (χ0v) is 10.2. The van der Waals surface area contributed by atoms with Crippen LogP contribution in [-0.2, 0) is 9.53 Å². The lowest BCUT2D eigenvalue weighted by molar-refractivity contribution is -0.184. The second-order valence-corrected chi connectivity index (χ2v) is 4.08. The lowest BCUT2D eigenvalue weighted by Crippen LogP contribution is -2.57. The number of hydrogen-bond donors (Lipinski definition) is 2. The van der Waals surface area contributed by atoms with Crippen LogP contribution in [0.4, 0.5) is 13.2 Å². The van der Waals surface area contributed by atoms with Crippen LogP contribution in [0.25, 0.3) is 0 Å². The number of methoxy groups -OCH3 is 1. The highest BCUT2D eigenvalue weighted by atomic mass is 19.4. The zero-order valence-electron chi connectivity index (χ0n) is 10.2. The Hall–Kier alpha value is -0.860. The first-order valence-corrected chi connectivity index (χ1v) is 5.72. The van der Waals surface area contributed by atoms with Crippen molar-refractivity contribution >= 4 is 5.91 Å². The standard InChI is InChI=1S/C10H18F3N3O2/c1-18-7-9(17)15-6-8(10(11,12)13)16-4-2-14-3-5-16/h8,14H,2-7H2,1H3,(H,15,17). The summed E-state index contributed by atoms with van der Waals surface area (Å²) in [6.45, 7) is 1.03. The lowest BCUT2D eigenvalue weighted by Gasteiger charge is -2.35. The van der Waals surface area contributed by atoms with E-state index in [1.165, 1.54) is 12.0 Å². The monoisotopic (exact) mass is 269 g/mol. The van der Waals surface area contributed by atoms with E-state index in [9.17, 15) is 18.0 Å². The van der Waals surface area contributed by atoms with Gasteiger partial charge in [-0.1, -0.05) is 0 Å². The van der Waals surface area contributed by atoms with Crippen molar-refractivity contribution in [2.24, 2.45) is 0 Å². The SMILES string of the molecule is COCC(=O)NCC(N1CCNCC1)C(F)(F)F. The van der Waals surface area contributed by atoms with Crippen molar-refractivity contribution in [2.75, 3.05) is 46.4 Å². The molecule has 0 aliphatic carbocycles. The number of carbonyl (C=O) groups is 1. The molecule has 5 nitrogen and oxygen atoms in total. The number of ether oxygens (including phenoxy) is 1. The Labute approximate surface area is 104 Å². The van der Waals surface area contributed by atoms with Gasteiger partial charge in [0, 0.05) is 39.8 Å². The first-order chi connectivity index (χ1) is 8.45. The van der Waals surface area contributed by atoms with Crippen LogP contribution in [0.3, 0.4) is 0 Å². The molecule has 1 unspecified atom stereocenters. The number of nitrogens with zero attached hydrogens (tertiary/aromatic N) is 1. The van der Waals surface area contributed by atoms with E-state index < -0.39 is 24.7 Å². The van der Waals surface area contributed by atoms with Crippen LogP contribution in [0.2, 0.25) is 0 Å². The minimum absolute atomic E-state index is 0.230. The number of amides is 1. The number of hydrogen-bond acceptors (Lipinski definition) is 4. The highest BCUT2D eigenvalue weighted by molar-refractivity contribution is 5.77. The number of alkyl halides is 3. The summed E-state index contributed by atoms with van der Waals surface area (Å²) in [5, 5.41) is 5.23. The van der Waals surface area contributed by atoms with Gasteiger partial charge >= 0.3 is 6.18 Å². The van der Waals surface area contributed by atoms with Crippen molar-refractivity contribution in [3.8, 4) is 0 Å². The Morgan fingerprint density at radius 2 is 2.06 bits per heavy atom. The Morgan fingerprint density at radius 3 is 2.56 bits per heavy atom. The molecule has 1 saturated heterocycles. The van der Waals surface area contributed by atoms with Gasteiger partial charge in [0.05, 0.1) is 0 Å². The van der Waals surface area contributed by atoms with Gasteiger partial charge in [0.25, 0.3) is 0 Å². The second kappa shape index (κ2) is 6.91. The Balaban J connectivity index is 2.53. The molecule has 1 fully saturated rings. The normalized spacial score (nSPS) is 19.6. The quantitative estimate of drug-likeness (QED) is 0.712. The minimum atomic E-state index is -4.35. The first kappa shape index (κ1) is 15.2. The van der Waals surface area contributed by atoms with Gasteiger partial charge in [-0.05, 0) is 0 Å². The van der Waals surface area contributed by atoms with Gasteiger partial charge in [-0.2, -0.15) is 13.2 Å². The summed E-state index contributed by atoms with van der Waals surface area (Å²) >= 11 is 0. The maximum Gasteiger partial charge on any atom is 0.405 e. The maximum atomic E-state index is 12.9. The Kier molecular flexibility index (Phi) is 5.83. The van der Waals surface area contributed by atoms with E-state index in [-0.39, 0.29) is 6.61 Å². The molecule has 0 saturated carbocycles. The number of piperazine rings is 1. The summed E-state index contributed by atoms with van der Waals surface area (Å²) in [4.78, 5) is 12.5. The Bertz CT molecular complexity index is 268. The molecule has 0 aromatic rings. The van der Waals surface area contributed by atoms with Crippen molar-refractivity contribution in [2.45, 2.75) is 12.2 Å². The molecule has 0 radical (unpaired) electrons. The van der Waals surface area contributed by atoms with E-state index in [1.807, 2.05) is 0 Å². The predicted octanol–water partition coefficient (Wildman–Crippen LogP) is -0.415. The number of halogens is 3. The molecule has 18 heavy (non-hydrogen) atoms. The third-order valence-corrected chi connectivity index (χ3v) is 2.74. The largest absolute Gasteiger partial charge is 0.405 e. The minimum Gasteiger partial charge on any atom is -0.375 e. The first-order valence-electron chi connectivity index (χ1n) is 5.72. The summed E-state index contributed by atoms with van der Waals surface area (Å²) < 4.78 is 43.2. The van der Waals surface area contributed by atoms with E-state index in [1.54, 1.807) is 0 Å². The highest BCUT2D eigenvalue weighted by Crippen LogP contribution is 2.24. The van der Waals surface area contributed by atoms with Gasteiger partial charge in [0.1, 0.15) is 12.6 Å².